The summed E-state index contributed by atoms with van der Waals surface area (Å²) >= 11 is 0. The van der Waals surface area contributed by atoms with Gasteiger partial charge < -0.3 is 15.1 Å². The van der Waals surface area contributed by atoms with Crippen LogP contribution in [0.4, 0.5) is 5.82 Å². The average Bonchev–Trinajstić information content (AvgIpc) is 3.25. The van der Waals surface area contributed by atoms with Crippen molar-refractivity contribution in [2.75, 3.05) is 31.1 Å². The van der Waals surface area contributed by atoms with E-state index in [9.17, 15) is 21.6 Å². The van der Waals surface area contributed by atoms with Crippen molar-refractivity contribution in [3.63, 3.8) is 0 Å². The molecule has 1 amide bonds. The Morgan fingerprint density at radius 1 is 1.16 bits per heavy atom. The second-order valence-electron chi connectivity index (χ2n) is 7.54. The van der Waals surface area contributed by atoms with E-state index < -0.39 is 26.0 Å². The van der Waals surface area contributed by atoms with Crippen LogP contribution in [0.3, 0.4) is 0 Å². The van der Waals surface area contributed by atoms with Crippen LogP contribution in [0.2, 0.25) is 0 Å². The Labute approximate surface area is 187 Å². The maximum Gasteiger partial charge on any atom is 0.284 e. The van der Waals surface area contributed by atoms with E-state index in [2.05, 4.69) is 9.71 Å². The number of hydrogen-bond acceptors (Lipinski definition) is 8. The van der Waals surface area contributed by atoms with Crippen LogP contribution in [-0.4, -0.2) is 64.3 Å². The number of nitrogens with zero attached hydrogens (tertiary/aromatic N) is 3. The smallest absolute Gasteiger partial charge is 0.284 e. The molecule has 11 nitrogen and oxygen atoms in total. The lowest BCUT2D eigenvalue weighted by molar-refractivity contribution is 0.0968. The molecule has 0 aromatic carbocycles. The zero-order valence-electron chi connectivity index (χ0n) is 17.9. The third kappa shape index (κ3) is 5.28. The van der Waals surface area contributed by atoms with E-state index in [1.165, 1.54) is 28.7 Å². The van der Waals surface area contributed by atoms with E-state index >= 15 is 0 Å². The summed E-state index contributed by atoms with van der Waals surface area (Å²) in [6.45, 7) is 4.85. The molecule has 2 aromatic heterocycles. The summed E-state index contributed by atoms with van der Waals surface area (Å²) in [7, 11) is -7.55. The zero-order chi connectivity index (χ0) is 23.5. The molecule has 1 atom stereocenters. The van der Waals surface area contributed by atoms with Crippen LogP contribution < -0.4 is 15.4 Å². The normalized spacial score (nSPS) is 16.8. The molecule has 0 spiro atoms. The Morgan fingerprint density at radius 2 is 1.84 bits per heavy atom. The number of aromatic nitrogens is 1. The van der Waals surface area contributed by atoms with Crippen LogP contribution in [0, 0.1) is 0 Å². The quantitative estimate of drug-likeness (QED) is 0.527. The minimum atomic E-state index is -3.90. The van der Waals surface area contributed by atoms with Gasteiger partial charge in [-0.15, -0.1) is 0 Å². The lowest BCUT2D eigenvalue weighted by atomic mass is 10.2. The molecule has 0 saturated carbocycles. The van der Waals surface area contributed by atoms with E-state index in [4.69, 9.17) is 10.2 Å². The van der Waals surface area contributed by atoms with Gasteiger partial charge in [0, 0.05) is 38.4 Å². The number of nitrogens with two attached hydrogens (primary N) is 1. The second kappa shape index (κ2) is 9.57. The lowest BCUT2D eigenvalue weighted by Crippen LogP contribution is -2.48. The summed E-state index contributed by atoms with van der Waals surface area (Å²) in [5.74, 6) is -0.514. The molecule has 32 heavy (non-hydrogen) atoms. The maximum absolute atomic E-state index is 12.7. The highest BCUT2D eigenvalue weighted by Crippen LogP contribution is 2.22. The highest BCUT2D eigenvalue weighted by molar-refractivity contribution is 7.89. The molecule has 3 heterocycles. The molecule has 0 aliphatic carbocycles. The predicted octanol–water partition coefficient (Wildman–Crippen LogP) is 0.751. The van der Waals surface area contributed by atoms with Gasteiger partial charge in [-0.2, -0.15) is 4.31 Å². The molecule has 1 fully saturated rings. The van der Waals surface area contributed by atoms with E-state index in [1.807, 2.05) is 18.7 Å². The molecule has 13 heteroatoms. The van der Waals surface area contributed by atoms with Gasteiger partial charge in [-0.1, -0.05) is 13.3 Å². The topological polar surface area (TPSA) is 156 Å². The summed E-state index contributed by atoms with van der Waals surface area (Å²) < 4.78 is 59.3. The SMILES string of the molecule is CCCC(C)NS(=O)(=O)c1ccc(N2CCN(S(=O)(=O)c3ccc(C(N)=O)o3)CC2)nc1. The van der Waals surface area contributed by atoms with Gasteiger partial charge >= 0.3 is 0 Å². The van der Waals surface area contributed by atoms with E-state index in [1.54, 1.807) is 6.07 Å². The number of piperazine rings is 1. The Balaban J connectivity index is 1.64. The van der Waals surface area contributed by atoms with Crippen LogP contribution in [0.25, 0.3) is 0 Å². The molecule has 2 aromatic rings. The van der Waals surface area contributed by atoms with E-state index in [-0.39, 0.29) is 34.9 Å². The van der Waals surface area contributed by atoms with Gasteiger partial charge in [0.25, 0.3) is 15.9 Å². The van der Waals surface area contributed by atoms with Gasteiger partial charge in [-0.05, 0) is 37.6 Å². The van der Waals surface area contributed by atoms with Crippen molar-refractivity contribution in [3.8, 4) is 0 Å². The molecule has 3 N–H and O–H groups in total. The number of hydrogen-bond donors (Lipinski definition) is 2. The van der Waals surface area contributed by atoms with Crippen LogP contribution in [0.5, 0.6) is 0 Å². The fourth-order valence-electron chi connectivity index (χ4n) is 3.42. The Bertz CT molecular complexity index is 1150. The number of sulfonamides is 2. The molecule has 0 radical (unpaired) electrons. The van der Waals surface area contributed by atoms with Crippen molar-refractivity contribution < 1.29 is 26.0 Å². The minimum Gasteiger partial charge on any atom is -0.438 e. The number of amides is 1. The summed E-state index contributed by atoms with van der Waals surface area (Å²) in [5.41, 5.74) is 5.11. The van der Waals surface area contributed by atoms with Gasteiger partial charge in [-0.25, -0.2) is 26.5 Å². The molecule has 1 aliphatic heterocycles. The second-order valence-corrected chi connectivity index (χ2v) is 11.1. The highest BCUT2D eigenvalue weighted by atomic mass is 32.2. The summed E-state index contributed by atoms with van der Waals surface area (Å²) in [6, 6.07) is 5.35. The monoisotopic (exact) mass is 485 g/mol. The Hall–Kier alpha value is -2.48. The van der Waals surface area contributed by atoms with Crippen LogP contribution in [0.15, 0.2) is 44.9 Å². The van der Waals surface area contributed by atoms with Gasteiger partial charge in [-0.3, -0.25) is 4.79 Å². The van der Waals surface area contributed by atoms with Gasteiger partial charge in [0.2, 0.25) is 15.1 Å². The van der Waals surface area contributed by atoms with Gasteiger partial charge in [0.1, 0.15) is 10.7 Å². The molecule has 176 valence electrons. The predicted molar refractivity (Wildman–Crippen MR) is 117 cm³/mol. The van der Waals surface area contributed by atoms with Crippen LogP contribution >= 0.6 is 0 Å². The average molecular weight is 486 g/mol. The van der Waals surface area contributed by atoms with Crippen molar-refractivity contribution in [3.05, 3.63) is 36.2 Å². The number of furan rings is 1. The Morgan fingerprint density at radius 3 is 2.38 bits per heavy atom. The first-order chi connectivity index (χ1) is 15.0. The lowest BCUT2D eigenvalue weighted by Gasteiger charge is -2.34. The van der Waals surface area contributed by atoms with Crippen molar-refractivity contribution in [1.82, 2.24) is 14.0 Å². The van der Waals surface area contributed by atoms with Crippen molar-refractivity contribution in [2.45, 2.75) is 42.7 Å². The van der Waals surface area contributed by atoms with Gasteiger partial charge in [0.15, 0.2) is 5.76 Å². The van der Waals surface area contributed by atoms with Gasteiger partial charge in [0.05, 0.1) is 0 Å². The van der Waals surface area contributed by atoms with Crippen molar-refractivity contribution in [2.24, 2.45) is 5.73 Å². The van der Waals surface area contributed by atoms with Crippen LogP contribution in [-0.2, 0) is 20.0 Å². The first kappa shape index (κ1) is 24.2. The molecule has 0 bridgehead atoms. The van der Waals surface area contributed by atoms with E-state index in [0.717, 1.165) is 12.8 Å². The zero-order valence-corrected chi connectivity index (χ0v) is 19.5. The molecule has 1 unspecified atom stereocenters. The Kier molecular flexibility index (Phi) is 7.22. The van der Waals surface area contributed by atoms with Crippen molar-refractivity contribution in [1.29, 1.82) is 0 Å². The van der Waals surface area contributed by atoms with Crippen LogP contribution in [0.1, 0.15) is 37.2 Å². The first-order valence-electron chi connectivity index (χ1n) is 10.2. The standard InChI is InChI=1S/C19H27N5O6S2/c1-3-4-14(2)22-31(26,27)15-5-7-17(21-13-15)23-9-11-24(12-10-23)32(28,29)18-8-6-16(30-18)19(20)25/h5-8,13-14,22H,3-4,9-12H2,1-2H3,(H2,20,25). The summed E-state index contributed by atoms with van der Waals surface area (Å²) in [4.78, 5) is 17.4. The summed E-state index contributed by atoms with van der Waals surface area (Å²) in [5, 5.41) is -0.336. The molecular weight excluding hydrogens is 458 g/mol. The van der Waals surface area contributed by atoms with E-state index in [0.29, 0.717) is 18.9 Å². The number of carbonyl (C=O) groups is 1. The number of rotatable bonds is 9. The fourth-order valence-corrected chi connectivity index (χ4v) is 5.98. The number of pyridine rings is 1. The number of carbonyl (C=O) groups excluding carboxylic acids is 1. The summed E-state index contributed by atoms with van der Waals surface area (Å²) in [6.07, 6.45) is 2.90. The third-order valence-corrected chi connectivity index (χ3v) is 8.44. The van der Waals surface area contributed by atoms with Crippen molar-refractivity contribution >= 4 is 31.8 Å². The highest BCUT2D eigenvalue weighted by Gasteiger charge is 2.32. The molecular formula is C19H27N5O6S2. The molecule has 3 rings (SSSR count). The number of nitrogens with one attached hydrogen (secondary N) is 1. The third-order valence-electron chi connectivity index (χ3n) is 5.09. The number of primary amides is 1. The first-order valence-corrected chi connectivity index (χ1v) is 13.1. The minimum absolute atomic E-state index is 0.0773. The number of anilines is 1. The largest absolute Gasteiger partial charge is 0.438 e. The molecule has 1 saturated heterocycles. The molecule has 1 aliphatic rings. The maximum atomic E-state index is 12.7. The fraction of sp³-hybridized carbons (Fsp3) is 0.474.